The van der Waals surface area contributed by atoms with Gasteiger partial charge in [0.2, 0.25) is 11.8 Å². The van der Waals surface area contributed by atoms with E-state index in [4.69, 9.17) is 16.3 Å². The fraction of sp³-hybridized carbons (Fsp3) is 0.375. The van der Waals surface area contributed by atoms with Crippen molar-refractivity contribution in [2.45, 2.75) is 71.0 Å². The van der Waals surface area contributed by atoms with E-state index in [9.17, 15) is 28.1 Å². The first-order valence-electron chi connectivity index (χ1n) is 14.3. The van der Waals surface area contributed by atoms with Gasteiger partial charge in [-0.15, -0.1) is 0 Å². The maximum Gasteiger partial charge on any atom is 0.273 e. The van der Waals surface area contributed by atoms with E-state index in [0.717, 1.165) is 21.5 Å². The summed E-state index contributed by atoms with van der Waals surface area (Å²) in [6.45, 7) is 9.90. The van der Waals surface area contributed by atoms with Crippen molar-refractivity contribution in [3.05, 3.63) is 92.5 Å². The van der Waals surface area contributed by atoms with Gasteiger partial charge in [0.05, 0.1) is 22.6 Å². The molecule has 13 heteroatoms. The molecule has 0 saturated heterocycles. The number of hydrogen-bond donors (Lipinski definition) is 1. The number of nitrogens with one attached hydrogen (secondary N) is 1. The Bertz CT molecular complexity index is 1690. The molecule has 0 saturated carbocycles. The summed E-state index contributed by atoms with van der Waals surface area (Å²) in [5, 5.41) is 14.8. The Labute approximate surface area is 269 Å². The highest BCUT2D eigenvalue weighted by Crippen LogP contribution is 2.36. The van der Waals surface area contributed by atoms with Crippen LogP contribution in [-0.2, 0) is 26.2 Å². The molecule has 0 unspecified atom stereocenters. The lowest BCUT2D eigenvalue weighted by Crippen LogP contribution is -2.55. The molecule has 0 heterocycles. The third-order valence-electron chi connectivity index (χ3n) is 6.97. The maximum atomic E-state index is 14.3. The topological polar surface area (TPSA) is 139 Å². The van der Waals surface area contributed by atoms with E-state index in [1.54, 1.807) is 6.92 Å². The van der Waals surface area contributed by atoms with Gasteiger partial charge in [0, 0.05) is 28.7 Å². The first kappa shape index (κ1) is 35.3. The highest BCUT2D eigenvalue weighted by molar-refractivity contribution is 7.92. The predicted octanol–water partition coefficient (Wildman–Crippen LogP) is 5.79. The summed E-state index contributed by atoms with van der Waals surface area (Å²) in [6, 6.07) is 14.3. The van der Waals surface area contributed by atoms with Crippen LogP contribution in [-0.4, -0.2) is 55.3 Å². The molecule has 3 rings (SSSR count). The number of nitro benzene ring substituents is 1. The van der Waals surface area contributed by atoms with Crippen LogP contribution in [0.15, 0.2) is 65.6 Å². The molecule has 0 aliphatic rings. The Hall–Kier alpha value is -4.16. The summed E-state index contributed by atoms with van der Waals surface area (Å²) in [5.74, 6) is -0.977. The van der Waals surface area contributed by atoms with Crippen molar-refractivity contribution >= 4 is 44.8 Å². The minimum Gasteiger partial charge on any atom is -0.495 e. The van der Waals surface area contributed by atoms with Gasteiger partial charge in [-0.2, -0.15) is 0 Å². The van der Waals surface area contributed by atoms with Gasteiger partial charge in [0.25, 0.3) is 15.7 Å². The van der Waals surface area contributed by atoms with Crippen molar-refractivity contribution in [3.8, 4) is 5.75 Å². The number of carbonyl (C=O) groups is 2. The fourth-order valence-electron chi connectivity index (χ4n) is 4.82. The quantitative estimate of drug-likeness (QED) is 0.192. The van der Waals surface area contributed by atoms with E-state index in [-0.39, 0.29) is 35.0 Å². The van der Waals surface area contributed by atoms with Gasteiger partial charge < -0.3 is 15.0 Å². The summed E-state index contributed by atoms with van der Waals surface area (Å²) >= 11 is 6.28. The summed E-state index contributed by atoms with van der Waals surface area (Å²) in [6.07, 6.45) is 0.247. The molecule has 0 aliphatic heterocycles. The zero-order valence-corrected chi connectivity index (χ0v) is 28.0. The number of anilines is 1. The van der Waals surface area contributed by atoms with Crippen molar-refractivity contribution in [3.63, 3.8) is 0 Å². The molecule has 0 spiro atoms. The van der Waals surface area contributed by atoms with Crippen LogP contribution < -0.4 is 14.4 Å². The first-order valence-corrected chi connectivity index (χ1v) is 16.1. The van der Waals surface area contributed by atoms with E-state index in [2.05, 4.69) is 5.32 Å². The van der Waals surface area contributed by atoms with Crippen LogP contribution in [0.3, 0.4) is 0 Å². The molecule has 1 N–H and O–H groups in total. The minimum absolute atomic E-state index is 0.0210. The number of sulfonamides is 1. The lowest BCUT2D eigenvalue weighted by molar-refractivity contribution is -0.385. The van der Waals surface area contributed by atoms with Crippen molar-refractivity contribution < 1.29 is 27.7 Å². The van der Waals surface area contributed by atoms with Gasteiger partial charge in [-0.25, -0.2) is 8.42 Å². The standard InChI is InChI=1S/C32H39ClN4O7S/c1-8-26(31(39)34-32(4,5)6)35(19-23-11-9-10-21(2)16-23)30(38)20-36(28-17-24(33)13-15-29(28)44-7)45(42,43)25-14-12-22(3)27(18-25)37(40)41/h9-18,26H,8,19-20H2,1-7H3,(H,34,39)/t26-/m1/s1. The summed E-state index contributed by atoms with van der Waals surface area (Å²) in [5.41, 5.74) is 0.916. The largest absolute Gasteiger partial charge is 0.495 e. The molecule has 3 aromatic carbocycles. The van der Waals surface area contributed by atoms with E-state index in [1.165, 1.54) is 49.3 Å². The predicted molar refractivity (Wildman–Crippen MR) is 174 cm³/mol. The third-order valence-corrected chi connectivity index (χ3v) is 8.96. The fourth-order valence-corrected chi connectivity index (χ4v) is 6.43. The number of ether oxygens (including phenoxy) is 1. The number of halogens is 1. The maximum absolute atomic E-state index is 14.3. The lowest BCUT2D eigenvalue weighted by Gasteiger charge is -2.35. The molecule has 3 aromatic rings. The van der Waals surface area contributed by atoms with Crippen LogP contribution in [0, 0.1) is 24.0 Å². The van der Waals surface area contributed by atoms with Crippen LogP contribution in [0.5, 0.6) is 5.75 Å². The minimum atomic E-state index is -4.62. The number of rotatable bonds is 12. The number of carbonyl (C=O) groups excluding carboxylic acids is 2. The smallest absolute Gasteiger partial charge is 0.273 e. The van der Waals surface area contributed by atoms with Gasteiger partial charge in [-0.1, -0.05) is 54.4 Å². The molecule has 0 fully saturated rings. The molecule has 1 atom stereocenters. The Balaban J connectivity index is 2.20. The average molecular weight is 659 g/mol. The second-order valence-electron chi connectivity index (χ2n) is 11.7. The van der Waals surface area contributed by atoms with Crippen molar-refractivity contribution in [2.75, 3.05) is 18.0 Å². The second kappa shape index (κ2) is 14.3. The number of hydrogen-bond acceptors (Lipinski definition) is 7. The van der Waals surface area contributed by atoms with Crippen molar-refractivity contribution in [1.29, 1.82) is 0 Å². The molecule has 0 radical (unpaired) electrons. The summed E-state index contributed by atoms with van der Waals surface area (Å²) in [4.78, 5) is 39.8. The highest BCUT2D eigenvalue weighted by atomic mass is 35.5. The number of nitro groups is 1. The molecule has 0 aromatic heterocycles. The normalized spacial score (nSPS) is 12.3. The Morgan fingerprint density at radius 3 is 2.33 bits per heavy atom. The number of nitrogens with zero attached hydrogens (tertiary/aromatic N) is 3. The number of aryl methyl sites for hydroxylation is 2. The van der Waals surface area contributed by atoms with Crippen molar-refractivity contribution in [1.82, 2.24) is 10.2 Å². The number of amides is 2. The number of benzene rings is 3. The SMILES string of the molecule is CC[C@H](C(=O)NC(C)(C)C)N(Cc1cccc(C)c1)C(=O)CN(c1cc(Cl)ccc1OC)S(=O)(=O)c1ccc(C)c([N+](=O)[O-])c1. The van der Waals surface area contributed by atoms with E-state index >= 15 is 0 Å². The van der Waals surface area contributed by atoms with Gasteiger partial charge in [-0.05, 0) is 70.9 Å². The van der Waals surface area contributed by atoms with Gasteiger partial charge in [0.1, 0.15) is 18.3 Å². The van der Waals surface area contributed by atoms with Gasteiger partial charge in [0.15, 0.2) is 0 Å². The second-order valence-corrected chi connectivity index (χ2v) is 14.0. The van der Waals surface area contributed by atoms with E-state index in [0.29, 0.717) is 0 Å². The molecule has 2 amide bonds. The van der Waals surface area contributed by atoms with Crippen LogP contribution >= 0.6 is 11.6 Å². The highest BCUT2D eigenvalue weighted by Gasteiger charge is 2.36. The Kier molecular flexibility index (Phi) is 11.2. The van der Waals surface area contributed by atoms with Crippen LogP contribution in [0.4, 0.5) is 11.4 Å². The van der Waals surface area contributed by atoms with Crippen molar-refractivity contribution in [2.24, 2.45) is 0 Å². The van der Waals surface area contributed by atoms with Gasteiger partial charge >= 0.3 is 0 Å². The van der Waals surface area contributed by atoms with Crippen LogP contribution in [0.1, 0.15) is 50.8 Å². The van der Waals surface area contributed by atoms with Gasteiger partial charge in [-0.3, -0.25) is 24.0 Å². The molecule has 45 heavy (non-hydrogen) atoms. The molecule has 0 bridgehead atoms. The van der Waals surface area contributed by atoms with E-state index in [1.807, 2.05) is 52.0 Å². The average Bonchev–Trinajstić information content (AvgIpc) is 2.94. The first-order chi connectivity index (χ1) is 21.0. The summed E-state index contributed by atoms with van der Waals surface area (Å²) < 4.78 is 34.8. The Morgan fingerprint density at radius 1 is 1.07 bits per heavy atom. The molecular formula is C32H39ClN4O7S. The van der Waals surface area contributed by atoms with Crippen LogP contribution in [0.25, 0.3) is 0 Å². The monoisotopic (exact) mass is 658 g/mol. The summed E-state index contributed by atoms with van der Waals surface area (Å²) in [7, 11) is -3.29. The van der Waals surface area contributed by atoms with Crippen LogP contribution in [0.2, 0.25) is 5.02 Å². The zero-order valence-electron chi connectivity index (χ0n) is 26.5. The molecule has 11 nitrogen and oxygen atoms in total. The molecule has 0 aliphatic carbocycles. The number of methoxy groups -OCH3 is 1. The zero-order chi connectivity index (χ0) is 33.7. The third kappa shape index (κ3) is 8.73. The van der Waals surface area contributed by atoms with E-state index < -0.39 is 55.5 Å². The Morgan fingerprint density at radius 2 is 1.76 bits per heavy atom. The molecular weight excluding hydrogens is 620 g/mol. The lowest BCUT2D eigenvalue weighted by atomic mass is 10.0. The molecule has 242 valence electrons.